The Hall–Kier alpha value is -2.46. The summed E-state index contributed by atoms with van der Waals surface area (Å²) in [5, 5.41) is 4.41. The summed E-state index contributed by atoms with van der Waals surface area (Å²) in [4.78, 5) is 9.40. The molecule has 4 heteroatoms. The minimum Gasteiger partial charge on any atom is -0.376 e. The van der Waals surface area contributed by atoms with Gasteiger partial charge in [-0.3, -0.25) is 0 Å². The first-order valence-corrected chi connectivity index (χ1v) is 8.08. The molecule has 4 nitrogen and oxygen atoms in total. The fraction of sp³-hybridized carbons (Fsp3) is 0.263. The largest absolute Gasteiger partial charge is 0.376 e. The molecule has 1 unspecified atom stereocenters. The van der Waals surface area contributed by atoms with Gasteiger partial charge in [-0.25, -0.2) is 9.97 Å². The topological polar surface area (TPSA) is 47.0 Å². The van der Waals surface area contributed by atoms with E-state index in [1.807, 2.05) is 36.4 Å². The first-order valence-electron chi connectivity index (χ1n) is 8.08. The Bertz CT molecular complexity index is 798. The lowest BCUT2D eigenvalue weighted by molar-refractivity contribution is 0.120. The van der Waals surface area contributed by atoms with Gasteiger partial charge in [0.15, 0.2) is 0 Å². The first kappa shape index (κ1) is 14.2. The Labute approximate surface area is 135 Å². The van der Waals surface area contributed by atoms with Gasteiger partial charge in [-0.05, 0) is 18.9 Å². The molecule has 1 saturated heterocycles. The van der Waals surface area contributed by atoms with Gasteiger partial charge < -0.3 is 10.1 Å². The van der Waals surface area contributed by atoms with Crippen molar-refractivity contribution < 1.29 is 4.74 Å². The molecule has 2 aromatic carbocycles. The maximum Gasteiger partial charge on any atom is 0.223 e. The molecule has 1 aliphatic rings. The predicted molar refractivity (Wildman–Crippen MR) is 92.4 cm³/mol. The molecule has 2 heterocycles. The number of fused-ring (bicyclic) bond motifs is 1. The molecule has 4 rings (SSSR count). The highest BCUT2D eigenvalue weighted by atomic mass is 16.5. The van der Waals surface area contributed by atoms with E-state index in [1.54, 1.807) is 0 Å². The van der Waals surface area contributed by atoms with Gasteiger partial charge >= 0.3 is 0 Å². The molecule has 3 aromatic rings. The number of aromatic nitrogens is 2. The Kier molecular flexibility index (Phi) is 3.90. The molecule has 1 fully saturated rings. The quantitative estimate of drug-likeness (QED) is 0.794. The molecular weight excluding hydrogens is 286 g/mol. The second kappa shape index (κ2) is 6.34. The van der Waals surface area contributed by atoms with Crippen molar-refractivity contribution in [3.8, 4) is 11.3 Å². The van der Waals surface area contributed by atoms with Gasteiger partial charge in [0.05, 0.1) is 17.3 Å². The molecule has 1 atom stereocenters. The lowest BCUT2D eigenvalue weighted by Crippen LogP contribution is -2.19. The number of para-hydroxylation sites is 1. The second-order valence-corrected chi connectivity index (χ2v) is 5.79. The number of rotatable bonds is 4. The summed E-state index contributed by atoms with van der Waals surface area (Å²) in [6, 6.07) is 18.4. The van der Waals surface area contributed by atoms with E-state index in [9.17, 15) is 0 Å². The van der Waals surface area contributed by atoms with E-state index in [0.29, 0.717) is 5.95 Å². The summed E-state index contributed by atoms with van der Waals surface area (Å²) < 4.78 is 5.66. The van der Waals surface area contributed by atoms with Gasteiger partial charge in [0.2, 0.25) is 5.95 Å². The zero-order valence-corrected chi connectivity index (χ0v) is 12.9. The van der Waals surface area contributed by atoms with Gasteiger partial charge in [-0.15, -0.1) is 0 Å². The standard InChI is InChI=1S/C19H19N3O/c1-2-7-14(8-3-1)18-16-10-4-5-11-17(16)21-19(22-18)20-13-15-9-6-12-23-15/h1-5,7-8,10-11,15H,6,9,12-13H2,(H,20,21,22). The maximum absolute atomic E-state index is 5.66. The van der Waals surface area contributed by atoms with Gasteiger partial charge in [-0.1, -0.05) is 48.5 Å². The van der Waals surface area contributed by atoms with Crippen LogP contribution in [0.5, 0.6) is 0 Å². The van der Waals surface area contributed by atoms with Crippen molar-refractivity contribution in [3.05, 3.63) is 54.6 Å². The summed E-state index contributed by atoms with van der Waals surface area (Å²) in [6.07, 6.45) is 2.51. The number of ether oxygens (including phenoxy) is 1. The van der Waals surface area contributed by atoms with E-state index in [2.05, 4.69) is 28.5 Å². The molecule has 0 aliphatic carbocycles. The fourth-order valence-electron chi connectivity index (χ4n) is 2.98. The number of nitrogens with one attached hydrogen (secondary N) is 1. The van der Waals surface area contributed by atoms with E-state index in [4.69, 9.17) is 9.72 Å². The summed E-state index contributed by atoms with van der Waals surface area (Å²) in [5.41, 5.74) is 3.02. The highest BCUT2D eigenvalue weighted by molar-refractivity contribution is 5.93. The average molecular weight is 305 g/mol. The van der Waals surface area contributed by atoms with Crippen LogP contribution in [-0.2, 0) is 4.74 Å². The Morgan fingerprint density at radius 3 is 2.65 bits per heavy atom. The van der Waals surface area contributed by atoms with Crippen molar-refractivity contribution in [1.29, 1.82) is 0 Å². The number of hydrogen-bond acceptors (Lipinski definition) is 4. The minimum absolute atomic E-state index is 0.269. The Morgan fingerprint density at radius 1 is 1.00 bits per heavy atom. The number of nitrogens with zero attached hydrogens (tertiary/aromatic N) is 2. The third-order valence-electron chi connectivity index (χ3n) is 4.16. The van der Waals surface area contributed by atoms with Crippen LogP contribution in [0.15, 0.2) is 54.6 Å². The molecule has 0 saturated carbocycles. The highest BCUT2D eigenvalue weighted by Crippen LogP contribution is 2.27. The van der Waals surface area contributed by atoms with Crippen LogP contribution in [0, 0.1) is 0 Å². The van der Waals surface area contributed by atoms with Crippen molar-refractivity contribution in [3.63, 3.8) is 0 Å². The highest BCUT2D eigenvalue weighted by Gasteiger charge is 2.16. The van der Waals surface area contributed by atoms with E-state index < -0.39 is 0 Å². The molecule has 23 heavy (non-hydrogen) atoms. The molecule has 0 amide bonds. The van der Waals surface area contributed by atoms with Crippen molar-refractivity contribution >= 4 is 16.9 Å². The van der Waals surface area contributed by atoms with Crippen LogP contribution >= 0.6 is 0 Å². The fourth-order valence-corrected chi connectivity index (χ4v) is 2.98. The average Bonchev–Trinajstić information content (AvgIpc) is 3.13. The third kappa shape index (κ3) is 3.03. The first-order chi connectivity index (χ1) is 11.4. The van der Waals surface area contributed by atoms with E-state index in [0.717, 1.165) is 48.2 Å². The monoisotopic (exact) mass is 305 g/mol. The van der Waals surface area contributed by atoms with E-state index in [-0.39, 0.29) is 6.10 Å². The molecule has 116 valence electrons. The van der Waals surface area contributed by atoms with Crippen LogP contribution in [0.25, 0.3) is 22.2 Å². The van der Waals surface area contributed by atoms with Crippen molar-refractivity contribution in [2.75, 3.05) is 18.5 Å². The summed E-state index contributed by atoms with van der Waals surface area (Å²) in [7, 11) is 0. The van der Waals surface area contributed by atoms with Crippen LogP contribution < -0.4 is 5.32 Å². The Morgan fingerprint density at radius 2 is 1.83 bits per heavy atom. The molecule has 0 bridgehead atoms. The van der Waals surface area contributed by atoms with Gasteiger partial charge in [0.25, 0.3) is 0 Å². The second-order valence-electron chi connectivity index (χ2n) is 5.79. The van der Waals surface area contributed by atoms with Crippen molar-refractivity contribution in [1.82, 2.24) is 9.97 Å². The summed E-state index contributed by atoms with van der Waals surface area (Å²) in [5.74, 6) is 0.665. The van der Waals surface area contributed by atoms with Gasteiger partial charge in [-0.2, -0.15) is 0 Å². The summed E-state index contributed by atoms with van der Waals surface area (Å²) in [6.45, 7) is 1.62. The van der Waals surface area contributed by atoms with E-state index in [1.165, 1.54) is 0 Å². The van der Waals surface area contributed by atoms with Crippen LogP contribution in [-0.4, -0.2) is 29.2 Å². The van der Waals surface area contributed by atoms with Gasteiger partial charge in [0, 0.05) is 24.1 Å². The molecular formula is C19H19N3O. The van der Waals surface area contributed by atoms with E-state index >= 15 is 0 Å². The maximum atomic E-state index is 5.66. The van der Waals surface area contributed by atoms with Crippen LogP contribution in [0.4, 0.5) is 5.95 Å². The summed E-state index contributed by atoms with van der Waals surface area (Å²) >= 11 is 0. The minimum atomic E-state index is 0.269. The number of anilines is 1. The lowest BCUT2D eigenvalue weighted by Gasteiger charge is -2.13. The third-order valence-corrected chi connectivity index (χ3v) is 4.16. The predicted octanol–water partition coefficient (Wildman–Crippen LogP) is 3.89. The molecule has 1 aliphatic heterocycles. The number of benzene rings is 2. The normalized spacial score (nSPS) is 17.5. The smallest absolute Gasteiger partial charge is 0.223 e. The zero-order valence-electron chi connectivity index (χ0n) is 12.9. The SMILES string of the molecule is c1ccc(-c2nc(NCC3CCCO3)nc3ccccc23)cc1. The molecule has 1 N–H and O–H groups in total. The number of hydrogen-bond donors (Lipinski definition) is 1. The molecule has 0 spiro atoms. The van der Waals surface area contributed by atoms with Crippen LogP contribution in [0.1, 0.15) is 12.8 Å². The van der Waals surface area contributed by atoms with Gasteiger partial charge in [0.1, 0.15) is 0 Å². The Balaban J connectivity index is 1.71. The van der Waals surface area contributed by atoms with Crippen LogP contribution in [0.3, 0.4) is 0 Å². The molecule has 1 aromatic heterocycles. The van der Waals surface area contributed by atoms with Crippen molar-refractivity contribution in [2.45, 2.75) is 18.9 Å². The lowest BCUT2D eigenvalue weighted by atomic mass is 10.1. The molecule has 0 radical (unpaired) electrons. The van der Waals surface area contributed by atoms with Crippen LogP contribution in [0.2, 0.25) is 0 Å². The zero-order chi connectivity index (χ0) is 15.5. The van der Waals surface area contributed by atoms with Crippen molar-refractivity contribution in [2.24, 2.45) is 0 Å².